The molecule has 1 aliphatic rings. The van der Waals surface area contributed by atoms with Crippen LogP contribution in [0.1, 0.15) is 17.2 Å². The molecule has 2 rings (SSSR count). The molecule has 1 fully saturated rings. The summed E-state index contributed by atoms with van der Waals surface area (Å²) in [6, 6.07) is 3.99. The van der Waals surface area contributed by atoms with Crippen LogP contribution in [0.25, 0.3) is 0 Å². The van der Waals surface area contributed by atoms with Gasteiger partial charge in [0.05, 0.1) is 7.11 Å². The minimum absolute atomic E-state index is 0.533. The summed E-state index contributed by atoms with van der Waals surface area (Å²) in [5, 5.41) is 12.3. The normalized spacial score (nSPS) is 18.5. The summed E-state index contributed by atoms with van der Waals surface area (Å²) in [6.45, 7) is 3.05. The number of hydrogen-bond donors (Lipinski definition) is 2. The van der Waals surface area contributed by atoms with E-state index in [0.717, 1.165) is 5.56 Å². The number of methoxy groups -OCH3 is 1. The van der Waals surface area contributed by atoms with Crippen molar-refractivity contribution >= 4 is 0 Å². The van der Waals surface area contributed by atoms with Gasteiger partial charge >= 0.3 is 0 Å². The van der Waals surface area contributed by atoms with Crippen LogP contribution in [0.3, 0.4) is 0 Å². The van der Waals surface area contributed by atoms with Crippen molar-refractivity contribution in [2.24, 2.45) is 0 Å². The molecular weight excluding hydrogens is 278 g/mol. The maximum Gasteiger partial charge on any atom is 0.289 e. The van der Waals surface area contributed by atoms with E-state index in [9.17, 15) is 8.78 Å². The van der Waals surface area contributed by atoms with Gasteiger partial charge in [0.2, 0.25) is 0 Å². The third kappa shape index (κ3) is 3.51. The molecule has 118 valence electrons. The van der Waals surface area contributed by atoms with Crippen molar-refractivity contribution in [3.8, 4) is 5.75 Å². The molecule has 6 heteroatoms. The molecule has 4 nitrogen and oxygen atoms in total. The third-order valence-electron chi connectivity index (χ3n) is 3.90. The van der Waals surface area contributed by atoms with Crippen molar-refractivity contribution in [1.82, 2.24) is 10.2 Å². The fourth-order valence-electron chi connectivity index (χ4n) is 2.80. The van der Waals surface area contributed by atoms with Crippen molar-refractivity contribution in [1.29, 1.82) is 0 Å². The zero-order valence-corrected chi connectivity index (χ0v) is 12.4. The number of piperazine rings is 1. The average molecular weight is 300 g/mol. The molecule has 1 heterocycles. The van der Waals surface area contributed by atoms with Crippen LogP contribution in [0, 0.1) is 6.92 Å². The van der Waals surface area contributed by atoms with Crippen LogP contribution in [0.2, 0.25) is 0 Å². The number of nitrogens with one attached hydrogen (secondary N) is 1. The lowest BCUT2D eigenvalue weighted by molar-refractivity contribution is -0.118. The number of aryl methyl sites for hydroxylation is 1. The van der Waals surface area contributed by atoms with Crippen LogP contribution in [-0.2, 0) is 0 Å². The average Bonchev–Trinajstić information content (AvgIpc) is 2.50. The lowest BCUT2D eigenvalue weighted by atomic mass is 9.94. The Hall–Kier alpha value is -1.24. The minimum Gasteiger partial charge on any atom is -0.497 e. The minimum atomic E-state index is -3.18. The first-order valence-electron chi connectivity index (χ1n) is 7.07. The number of aliphatic hydroxyl groups excluding tert-OH is 1. The van der Waals surface area contributed by atoms with Crippen molar-refractivity contribution in [3.05, 3.63) is 29.3 Å². The molecule has 0 aliphatic carbocycles. The summed E-state index contributed by atoms with van der Waals surface area (Å²) in [5.74, 6) is -2.54. The zero-order chi connectivity index (χ0) is 15.5. The predicted octanol–water partition coefficient (Wildman–Crippen LogP) is 1.58. The second kappa shape index (κ2) is 6.68. The van der Waals surface area contributed by atoms with Crippen LogP contribution >= 0.6 is 0 Å². The van der Waals surface area contributed by atoms with E-state index in [0.29, 0.717) is 37.5 Å². The second-order valence-electron chi connectivity index (χ2n) is 5.33. The Bertz CT molecular complexity index is 477. The number of rotatable bonds is 5. The van der Waals surface area contributed by atoms with Crippen molar-refractivity contribution in [2.75, 3.05) is 39.9 Å². The van der Waals surface area contributed by atoms with E-state index in [1.807, 2.05) is 0 Å². The number of ether oxygens (including phenoxy) is 1. The molecule has 0 bridgehead atoms. The number of aliphatic hydroxyl groups is 1. The highest BCUT2D eigenvalue weighted by molar-refractivity contribution is 5.37. The number of benzene rings is 1. The Morgan fingerprint density at radius 3 is 2.57 bits per heavy atom. The molecule has 21 heavy (non-hydrogen) atoms. The molecule has 0 aromatic heterocycles. The molecule has 0 amide bonds. The van der Waals surface area contributed by atoms with Crippen LogP contribution in [0.15, 0.2) is 18.2 Å². The Morgan fingerprint density at radius 2 is 2.05 bits per heavy atom. The molecule has 1 aromatic carbocycles. The highest BCUT2D eigenvalue weighted by Gasteiger charge is 2.44. The van der Waals surface area contributed by atoms with Gasteiger partial charge in [-0.3, -0.25) is 4.90 Å². The first-order chi connectivity index (χ1) is 9.99. The summed E-state index contributed by atoms with van der Waals surface area (Å²) in [5.41, 5.74) is 1.28. The van der Waals surface area contributed by atoms with Gasteiger partial charge in [-0.05, 0) is 30.2 Å². The van der Waals surface area contributed by atoms with Gasteiger partial charge in [-0.15, -0.1) is 0 Å². The summed E-state index contributed by atoms with van der Waals surface area (Å²) in [4.78, 5) is 1.74. The SMILES string of the molecule is COc1ccc([C@H](N2CCNCC2)C(F)(F)CO)c(C)c1. The molecule has 0 radical (unpaired) electrons. The van der Waals surface area contributed by atoms with E-state index < -0.39 is 18.6 Å². The van der Waals surface area contributed by atoms with Gasteiger partial charge in [0, 0.05) is 26.2 Å². The van der Waals surface area contributed by atoms with E-state index in [2.05, 4.69) is 5.32 Å². The Morgan fingerprint density at radius 1 is 1.38 bits per heavy atom. The van der Waals surface area contributed by atoms with Gasteiger partial charge in [-0.2, -0.15) is 0 Å². The zero-order valence-electron chi connectivity index (χ0n) is 12.4. The Kier molecular flexibility index (Phi) is 5.13. The maximum atomic E-state index is 14.3. The Labute approximate surface area is 123 Å². The molecule has 0 unspecified atom stereocenters. The standard InChI is InChI=1S/C15H22F2N2O2/c1-11-9-12(21-2)3-4-13(11)14(15(16,17)10-20)19-7-5-18-6-8-19/h3-4,9,14,18,20H,5-8,10H2,1-2H3/t14-/m0/s1. The summed E-state index contributed by atoms with van der Waals surface area (Å²) < 4.78 is 33.7. The molecule has 2 N–H and O–H groups in total. The van der Waals surface area contributed by atoms with Crippen LogP contribution in [-0.4, -0.2) is 55.8 Å². The monoisotopic (exact) mass is 300 g/mol. The number of alkyl halides is 2. The third-order valence-corrected chi connectivity index (χ3v) is 3.90. The molecule has 1 atom stereocenters. The van der Waals surface area contributed by atoms with E-state index in [1.54, 1.807) is 37.1 Å². The van der Waals surface area contributed by atoms with Crippen LogP contribution in [0.4, 0.5) is 8.78 Å². The van der Waals surface area contributed by atoms with E-state index in [-0.39, 0.29) is 0 Å². The predicted molar refractivity (Wildman–Crippen MR) is 76.9 cm³/mol. The summed E-state index contributed by atoms with van der Waals surface area (Å²) >= 11 is 0. The van der Waals surface area contributed by atoms with Gasteiger partial charge in [-0.25, -0.2) is 8.78 Å². The first-order valence-corrected chi connectivity index (χ1v) is 7.07. The summed E-state index contributed by atoms with van der Waals surface area (Å²) in [6.07, 6.45) is 0. The first kappa shape index (κ1) is 16.1. The smallest absolute Gasteiger partial charge is 0.289 e. The van der Waals surface area contributed by atoms with Crippen LogP contribution in [0.5, 0.6) is 5.75 Å². The van der Waals surface area contributed by atoms with Gasteiger partial charge in [0.1, 0.15) is 18.4 Å². The van der Waals surface area contributed by atoms with E-state index in [4.69, 9.17) is 9.84 Å². The lowest BCUT2D eigenvalue weighted by Crippen LogP contribution is -2.51. The van der Waals surface area contributed by atoms with Gasteiger partial charge < -0.3 is 15.2 Å². The summed E-state index contributed by atoms with van der Waals surface area (Å²) in [7, 11) is 1.55. The number of hydrogen-bond acceptors (Lipinski definition) is 4. The second-order valence-corrected chi connectivity index (χ2v) is 5.33. The highest BCUT2D eigenvalue weighted by atomic mass is 19.3. The quantitative estimate of drug-likeness (QED) is 0.866. The maximum absolute atomic E-state index is 14.3. The van der Waals surface area contributed by atoms with Crippen molar-refractivity contribution in [3.63, 3.8) is 0 Å². The molecular formula is C15H22F2N2O2. The lowest BCUT2D eigenvalue weighted by Gasteiger charge is -2.39. The van der Waals surface area contributed by atoms with Crippen molar-refractivity contribution < 1.29 is 18.6 Å². The van der Waals surface area contributed by atoms with Crippen molar-refractivity contribution in [2.45, 2.75) is 18.9 Å². The fraction of sp³-hybridized carbons (Fsp3) is 0.600. The Balaban J connectivity index is 2.39. The molecule has 0 spiro atoms. The van der Waals surface area contributed by atoms with Crippen LogP contribution < -0.4 is 10.1 Å². The largest absolute Gasteiger partial charge is 0.497 e. The molecule has 1 saturated heterocycles. The molecule has 1 aliphatic heterocycles. The fourth-order valence-corrected chi connectivity index (χ4v) is 2.80. The molecule has 0 saturated carbocycles. The number of halogens is 2. The van der Waals surface area contributed by atoms with Gasteiger partial charge in [-0.1, -0.05) is 6.07 Å². The topological polar surface area (TPSA) is 44.7 Å². The number of nitrogens with zero attached hydrogens (tertiary/aromatic N) is 1. The van der Waals surface area contributed by atoms with Gasteiger partial charge in [0.25, 0.3) is 5.92 Å². The van der Waals surface area contributed by atoms with Gasteiger partial charge in [0.15, 0.2) is 0 Å². The highest BCUT2D eigenvalue weighted by Crippen LogP contribution is 2.38. The van der Waals surface area contributed by atoms with E-state index in [1.165, 1.54) is 0 Å². The van der Waals surface area contributed by atoms with E-state index >= 15 is 0 Å². The molecule has 1 aromatic rings.